The van der Waals surface area contributed by atoms with Crippen LogP contribution in [0.2, 0.25) is 0 Å². The van der Waals surface area contributed by atoms with Gasteiger partial charge in [-0.25, -0.2) is 0 Å². The number of hydrogen-bond acceptors (Lipinski definition) is 8. The second-order valence-electron chi connectivity index (χ2n) is 11.8. The fraction of sp³-hybridized carbons (Fsp3) is 0.774. The number of carbonyl (C=O) groups is 3. The van der Waals surface area contributed by atoms with Gasteiger partial charge in [0.1, 0.15) is 17.6 Å². The van der Waals surface area contributed by atoms with Crippen molar-refractivity contribution in [3.8, 4) is 0 Å². The Labute approximate surface area is 244 Å². The maximum atomic E-state index is 14.5. The van der Waals surface area contributed by atoms with Gasteiger partial charge in [-0.05, 0) is 44.9 Å². The van der Waals surface area contributed by atoms with Crippen LogP contribution < -0.4 is 0 Å². The van der Waals surface area contributed by atoms with Crippen molar-refractivity contribution in [2.45, 2.75) is 82.1 Å². The summed E-state index contributed by atoms with van der Waals surface area (Å²) in [5.74, 6) is -2.54. The lowest BCUT2D eigenvalue weighted by atomic mass is 9.65. The zero-order valence-corrected chi connectivity index (χ0v) is 24.9. The van der Waals surface area contributed by atoms with E-state index in [4.69, 9.17) is 14.2 Å². The highest BCUT2D eigenvalue weighted by Crippen LogP contribution is 2.64. The number of aliphatic hydroxyl groups excluding tert-OH is 1. The number of amides is 2. The van der Waals surface area contributed by atoms with Gasteiger partial charge in [0, 0.05) is 32.7 Å². The predicted octanol–water partition coefficient (Wildman–Crippen LogP) is 2.16. The van der Waals surface area contributed by atoms with Gasteiger partial charge in [0.05, 0.1) is 44.0 Å². The lowest BCUT2D eigenvalue weighted by molar-refractivity contribution is -0.163. The van der Waals surface area contributed by atoms with E-state index in [1.807, 2.05) is 19.9 Å². The van der Waals surface area contributed by atoms with Crippen LogP contribution in [0.5, 0.6) is 0 Å². The van der Waals surface area contributed by atoms with Crippen molar-refractivity contribution in [3.05, 3.63) is 25.3 Å². The first-order chi connectivity index (χ1) is 19.8. The Kier molecular flexibility index (Phi) is 10.7. The number of ether oxygens (including phenoxy) is 3. The molecule has 4 saturated heterocycles. The summed E-state index contributed by atoms with van der Waals surface area (Å²) in [4.78, 5) is 48.1. The number of esters is 1. The third-order valence-corrected chi connectivity index (χ3v) is 9.68. The Balaban J connectivity index is 1.65. The molecule has 4 aliphatic rings. The Morgan fingerprint density at radius 2 is 1.95 bits per heavy atom. The molecule has 0 aromatic heterocycles. The topological polar surface area (TPSA) is 109 Å². The molecule has 6 atom stereocenters. The molecule has 230 valence electrons. The van der Waals surface area contributed by atoms with E-state index >= 15 is 0 Å². The number of likely N-dealkylation sites (tertiary alicyclic amines) is 1. The minimum Gasteiger partial charge on any atom is -0.465 e. The molecule has 1 spiro atoms. The molecule has 4 rings (SSSR count). The van der Waals surface area contributed by atoms with Crippen molar-refractivity contribution >= 4 is 17.8 Å². The van der Waals surface area contributed by atoms with Crippen LogP contribution in [0.1, 0.15) is 58.8 Å². The zero-order valence-electron chi connectivity index (χ0n) is 24.9. The third-order valence-electron chi connectivity index (χ3n) is 9.68. The summed E-state index contributed by atoms with van der Waals surface area (Å²) in [6.45, 7) is 15.9. The number of rotatable bonds is 16. The van der Waals surface area contributed by atoms with Gasteiger partial charge in [0.15, 0.2) is 0 Å². The number of morpholine rings is 1. The number of nitrogens with zero attached hydrogens (tertiary/aromatic N) is 3. The van der Waals surface area contributed by atoms with Gasteiger partial charge < -0.3 is 29.1 Å². The third kappa shape index (κ3) is 5.85. The SMILES string of the molecule is C=CCCCCOC(=O)[C@@H]1[C@H]2C(=O)N([C@@H](CC)CO)C(C(=O)N(CC=C)CCN3CCOCC3)C23CC[C@@]1(CC)O3. The van der Waals surface area contributed by atoms with Crippen LogP contribution in [0.3, 0.4) is 0 Å². The number of carbonyl (C=O) groups excluding carboxylic acids is 3. The molecular weight excluding hydrogens is 526 g/mol. The molecule has 41 heavy (non-hydrogen) atoms. The normalized spacial score (nSPS) is 31.6. The first-order valence-corrected chi connectivity index (χ1v) is 15.4. The van der Waals surface area contributed by atoms with Gasteiger partial charge in [-0.1, -0.05) is 26.0 Å². The summed E-state index contributed by atoms with van der Waals surface area (Å²) in [7, 11) is 0. The van der Waals surface area contributed by atoms with Crippen LogP contribution in [-0.2, 0) is 28.6 Å². The van der Waals surface area contributed by atoms with E-state index in [1.165, 1.54) is 0 Å². The molecule has 0 aromatic carbocycles. The molecule has 0 radical (unpaired) electrons. The number of aliphatic hydroxyl groups is 1. The van der Waals surface area contributed by atoms with E-state index < -0.39 is 41.1 Å². The van der Waals surface area contributed by atoms with Gasteiger partial charge in [0.25, 0.3) is 0 Å². The first kappa shape index (κ1) is 31.7. The molecule has 0 aliphatic carbocycles. The molecule has 2 bridgehead atoms. The number of hydrogen-bond donors (Lipinski definition) is 1. The highest BCUT2D eigenvalue weighted by Gasteiger charge is 2.79. The molecule has 2 unspecified atom stereocenters. The highest BCUT2D eigenvalue weighted by molar-refractivity contribution is 5.98. The number of allylic oxidation sites excluding steroid dienone is 1. The van der Waals surface area contributed by atoms with E-state index in [0.29, 0.717) is 65.0 Å². The van der Waals surface area contributed by atoms with Crippen molar-refractivity contribution in [1.29, 1.82) is 0 Å². The minimum atomic E-state index is -1.14. The Hall–Kier alpha value is -2.27. The van der Waals surface area contributed by atoms with E-state index in [9.17, 15) is 19.5 Å². The van der Waals surface area contributed by atoms with E-state index in [0.717, 1.165) is 25.9 Å². The molecule has 2 amide bonds. The fourth-order valence-electron chi connectivity index (χ4n) is 7.46. The maximum Gasteiger partial charge on any atom is 0.312 e. The Morgan fingerprint density at radius 3 is 2.59 bits per heavy atom. The molecule has 10 nitrogen and oxygen atoms in total. The number of unbranched alkanes of at least 4 members (excludes halogenated alkanes) is 2. The highest BCUT2D eigenvalue weighted by atomic mass is 16.6. The van der Waals surface area contributed by atoms with Crippen molar-refractivity contribution in [2.75, 3.05) is 59.2 Å². The molecule has 1 N–H and O–H groups in total. The molecule has 4 aliphatic heterocycles. The van der Waals surface area contributed by atoms with Gasteiger partial charge in [-0.2, -0.15) is 0 Å². The standard InChI is InChI=1S/C31H49N3O7/c1-5-9-10-11-19-40-29(38)25-24-27(36)34(23(7-3)22-35)26(31(24)13-12-30(25,8-4)41-31)28(37)33(14-6-2)16-15-32-17-20-39-21-18-32/h5-6,23-26,35H,1-2,7-22H2,3-4H3/t23-,24-,25-,26?,30+,31?/m0/s1. The van der Waals surface area contributed by atoms with Gasteiger partial charge in [-0.3, -0.25) is 19.3 Å². The average molecular weight is 576 g/mol. The zero-order chi connectivity index (χ0) is 29.6. The average Bonchev–Trinajstić information content (AvgIpc) is 3.60. The van der Waals surface area contributed by atoms with Crippen LogP contribution in [0, 0.1) is 11.8 Å². The molecule has 0 aromatic rings. The smallest absolute Gasteiger partial charge is 0.312 e. The number of fused-ring (bicyclic) bond motifs is 1. The summed E-state index contributed by atoms with van der Waals surface area (Å²) in [5, 5.41) is 10.3. The van der Waals surface area contributed by atoms with Crippen LogP contribution in [0.15, 0.2) is 25.3 Å². The van der Waals surface area contributed by atoms with E-state index in [2.05, 4.69) is 18.1 Å². The van der Waals surface area contributed by atoms with Gasteiger partial charge in [0.2, 0.25) is 11.8 Å². The van der Waals surface area contributed by atoms with Crippen molar-refractivity contribution in [1.82, 2.24) is 14.7 Å². The van der Waals surface area contributed by atoms with Crippen molar-refractivity contribution < 1.29 is 33.7 Å². The van der Waals surface area contributed by atoms with Crippen LogP contribution in [0.4, 0.5) is 0 Å². The summed E-state index contributed by atoms with van der Waals surface area (Å²) in [6, 6.07) is -1.49. The summed E-state index contributed by atoms with van der Waals surface area (Å²) < 4.78 is 18.0. The minimum absolute atomic E-state index is 0.216. The molecule has 0 saturated carbocycles. The first-order valence-electron chi connectivity index (χ1n) is 15.4. The van der Waals surface area contributed by atoms with Gasteiger partial charge in [-0.15, -0.1) is 13.2 Å². The van der Waals surface area contributed by atoms with E-state index in [1.54, 1.807) is 15.9 Å². The largest absolute Gasteiger partial charge is 0.465 e. The molecular formula is C31H49N3O7. The lowest BCUT2D eigenvalue weighted by Gasteiger charge is -2.40. The van der Waals surface area contributed by atoms with E-state index in [-0.39, 0.29) is 25.0 Å². The quantitative estimate of drug-likeness (QED) is 0.170. The van der Waals surface area contributed by atoms with Gasteiger partial charge >= 0.3 is 5.97 Å². The monoisotopic (exact) mass is 575 g/mol. The molecule has 4 heterocycles. The fourth-order valence-corrected chi connectivity index (χ4v) is 7.46. The van der Waals surface area contributed by atoms with Crippen molar-refractivity contribution in [3.63, 3.8) is 0 Å². The van der Waals surface area contributed by atoms with Crippen LogP contribution in [-0.4, -0.2) is 120 Å². The summed E-state index contributed by atoms with van der Waals surface area (Å²) in [6.07, 6.45) is 8.05. The Bertz CT molecular complexity index is 965. The maximum absolute atomic E-state index is 14.5. The molecule has 10 heteroatoms. The lowest BCUT2D eigenvalue weighted by Crippen LogP contribution is -2.59. The van der Waals surface area contributed by atoms with Crippen LogP contribution >= 0.6 is 0 Å². The summed E-state index contributed by atoms with van der Waals surface area (Å²) in [5.41, 5.74) is -1.99. The van der Waals surface area contributed by atoms with Crippen LogP contribution in [0.25, 0.3) is 0 Å². The molecule has 4 fully saturated rings. The second-order valence-corrected chi connectivity index (χ2v) is 11.8. The predicted molar refractivity (Wildman–Crippen MR) is 154 cm³/mol. The van der Waals surface area contributed by atoms with Crippen molar-refractivity contribution in [2.24, 2.45) is 11.8 Å². The summed E-state index contributed by atoms with van der Waals surface area (Å²) >= 11 is 0. The Morgan fingerprint density at radius 1 is 1.20 bits per heavy atom. The second kappa shape index (κ2) is 13.8.